The predicted molar refractivity (Wildman–Crippen MR) is 100 cm³/mol. The van der Waals surface area contributed by atoms with Gasteiger partial charge in [-0.05, 0) is 28.8 Å². The van der Waals surface area contributed by atoms with E-state index in [1.807, 2.05) is 24.3 Å². The second-order valence-corrected chi connectivity index (χ2v) is 6.02. The van der Waals surface area contributed by atoms with Gasteiger partial charge in [-0.2, -0.15) is 0 Å². The van der Waals surface area contributed by atoms with Crippen molar-refractivity contribution in [3.8, 4) is 0 Å². The molecule has 0 saturated carbocycles. The fourth-order valence-corrected chi connectivity index (χ4v) is 2.51. The molecule has 0 radical (unpaired) electrons. The van der Waals surface area contributed by atoms with Crippen LogP contribution in [0.15, 0.2) is 48.5 Å². The summed E-state index contributed by atoms with van der Waals surface area (Å²) in [6, 6.07) is 14.5. The molecular weight excluding hydrogens is 348 g/mol. The van der Waals surface area contributed by atoms with Gasteiger partial charge in [-0.3, -0.25) is 14.4 Å². The summed E-state index contributed by atoms with van der Waals surface area (Å²) >= 11 is 0. The Labute approximate surface area is 157 Å². The van der Waals surface area contributed by atoms with Crippen molar-refractivity contribution >= 4 is 23.5 Å². The first kappa shape index (κ1) is 20.1. The number of carbonyl (C=O) groups is 3. The predicted octanol–water partition coefficient (Wildman–Crippen LogP) is 1.76. The first-order chi connectivity index (χ1) is 13.0. The van der Waals surface area contributed by atoms with Crippen LogP contribution in [0.3, 0.4) is 0 Å². The zero-order valence-corrected chi connectivity index (χ0v) is 15.0. The van der Waals surface area contributed by atoms with Crippen LogP contribution in [-0.4, -0.2) is 36.5 Å². The SMILES string of the molecule is COCc1cccc(CC(=O)Nc2ccc(CC(=O)NCC(=O)O)cc2)c1. The van der Waals surface area contributed by atoms with Crippen molar-refractivity contribution in [2.45, 2.75) is 19.4 Å². The highest BCUT2D eigenvalue weighted by Gasteiger charge is 2.07. The number of hydrogen-bond donors (Lipinski definition) is 3. The summed E-state index contributed by atoms with van der Waals surface area (Å²) in [5.41, 5.74) is 3.26. The minimum absolute atomic E-state index is 0.0772. The Morgan fingerprint density at radius 3 is 2.26 bits per heavy atom. The minimum atomic E-state index is -1.09. The number of carboxylic acid groups (broad SMARTS) is 1. The Kier molecular flexibility index (Phi) is 7.51. The summed E-state index contributed by atoms with van der Waals surface area (Å²) in [5.74, 6) is -1.60. The Morgan fingerprint density at radius 2 is 1.59 bits per heavy atom. The van der Waals surface area contributed by atoms with Crippen LogP contribution in [0, 0.1) is 0 Å². The minimum Gasteiger partial charge on any atom is -0.480 e. The highest BCUT2D eigenvalue weighted by Crippen LogP contribution is 2.12. The number of carboxylic acids is 1. The number of benzene rings is 2. The third kappa shape index (κ3) is 7.29. The molecule has 0 fully saturated rings. The number of amides is 2. The molecule has 0 saturated heterocycles. The molecule has 2 aromatic carbocycles. The maximum absolute atomic E-state index is 12.2. The molecule has 0 spiro atoms. The van der Waals surface area contributed by atoms with Gasteiger partial charge in [-0.25, -0.2) is 0 Å². The summed E-state index contributed by atoms with van der Waals surface area (Å²) in [7, 11) is 1.62. The third-order valence-corrected chi connectivity index (χ3v) is 3.71. The van der Waals surface area contributed by atoms with E-state index in [1.165, 1.54) is 0 Å². The first-order valence-electron chi connectivity index (χ1n) is 8.40. The second-order valence-electron chi connectivity index (χ2n) is 6.02. The van der Waals surface area contributed by atoms with Crippen molar-refractivity contribution in [2.75, 3.05) is 19.0 Å². The topological polar surface area (TPSA) is 105 Å². The van der Waals surface area contributed by atoms with Crippen LogP contribution >= 0.6 is 0 Å². The molecule has 0 heterocycles. The van der Waals surface area contributed by atoms with Gasteiger partial charge in [-0.1, -0.05) is 36.4 Å². The lowest BCUT2D eigenvalue weighted by Gasteiger charge is -2.08. The number of hydrogen-bond acceptors (Lipinski definition) is 4. The smallest absolute Gasteiger partial charge is 0.322 e. The van der Waals surface area contributed by atoms with Crippen LogP contribution in [-0.2, 0) is 38.6 Å². The molecule has 27 heavy (non-hydrogen) atoms. The van der Waals surface area contributed by atoms with E-state index in [-0.39, 0.29) is 24.7 Å². The van der Waals surface area contributed by atoms with E-state index in [0.29, 0.717) is 12.3 Å². The van der Waals surface area contributed by atoms with Gasteiger partial charge >= 0.3 is 5.97 Å². The summed E-state index contributed by atoms with van der Waals surface area (Å²) in [5, 5.41) is 13.7. The zero-order valence-electron chi connectivity index (χ0n) is 15.0. The number of methoxy groups -OCH3 is 1. The van der Waals surface area contributed by atoms with Crippen molar-refractivity contribution in [3.05, 3.63) is 65.2 Å². The summed E-state index contributed by atoms with van der Waals surface area (Å²) in [6.45, 7) is 0.0928. The van der Waals surface area contributed by atoms with Gasteiger partial charge in [0.25, 0.3) is 0 Å². The molecule has 142 valence electrons. The Morgan fingerprint density at radius 1 is 0.926 bits per heavy atom. The lowest BCUT2D eigenvalue weighted by atomic mass is 10.1. The molecule has 0 aliphatic carbocycles. The van der Waals surface area contributed by atoms with Crippen LogP contribution in [0.1, 0.15) is 16.7 Å². The van der Waals surface area contributed by atoms with Gasteiger partial charge in [-0.15, -0.1) is 0 Å². The zero-order chi connectivity index (χ0) is 19.6. The van der Waals surface area contributed by atoms with Crippen LogP contribution in [0.4, 0.5) is 5.69 Å². The molecule has 2 rings (SSSR count). The molecule has 0 unspecified atom stereocenters. The lowest BCUT2D eigenvalue weighted by molar-refractivity contribution is -0.137. The van der Waals surface area contributed by atoms with E-state index < -0.39 is 12.5 Å². The fraction of sp³-hybridized carbons (Fsp3) is 0.250. The Hall–Kier alpha value is -3.19. The number of anilines is 1. The van der Waals surface area contributed by atoms with E-state index >= 15 is 0 Å². The average molecular weight is 370 g/mol. The van der Waals surface area contributed by atoms with Gasteiger partial charge < -0.3 is 20.5 Å². The largest absolute Gasteiger partial charge is 0.480 e. The molecule has 7 nitrogen and oxygen atoms in total. The van der Waals surface area contributed by atoms with Gasteiger partial charge in [0, 0.05) is 12.8 Å². The summed E-state index contributed by atoms with van der Waals surface area (Å²) in [6.07, 6.45) is 0.324. The number of ether oxygens (including phenoxy) is 1. The van der Waals surface area contributed by atoms with E-state index in [9.17, 15) is 14.4 Å². The van der Waals surface area contributed by atoms with Crippen molar-refractivity contribution in [1.29, 1.82) is 0 Å². The standard InChI is InChI=1S/C20H22N2O5/c1-27-13-16-4-2-3-15(9-16)11-19(24)22-17-7-5-14(6-8-17)10-18(23)21-12-20(25)26/h2-9H,10-13H2,1H3,(H,21,23)(H,22,24)(H,25,26). The molecule has 0 bridgehead atoms. The highest BCUT2D eigenvalue weighted by molar-refractivity contribution is 5.92. The Bertz CT molecular complexity index is 802. The van der Waals surface area contributed by atoms with Crippen LogP contribution in [0.2, 0.25) is 0 Å². The van der Waals surface area contributed by atoms with E-state index in [0.717, 1.165) is 16.7 Å². The van der Waals surface area contributed by atoms with Gasteiger partial charge in [0.15, 0.2) is 0 Å². The molecule has 0 atom stereocenters. The summed E-state index contributed by atoms with van der Waals surface area (Å²) in [4.78, 5) is 34.2. The molecule has 2 amide bonds. The molecular formula is C20H22N2O5. The molecule has 0 aliphatic rings. The highest BCUT2D eigenvalue weighted by atomic mass is 16.5. The number of nitrogens with one attached hydrogen (secondary N) is 2. The molecule has 0 aliphatic heterocycles. The lowest BCUT2D eigenvalue weighted by Crippen LogP contribution is -2.30. The number of carbonyl (C=O) groups excluding carboxylic acids is 2. The Balaban J connectivity index is 1.86. The molecule has 7 heteroatoms. The van der Waals surface area contributed by atoms with Gasteiger partial charge in [0.1, 0.15) is 6.54 Å². The maximum Gasteiger partial charge on any atom is 0.322 e. The molecule has 2 aromatic rings. The average Bonchev–Trinajstić information content (AvgIpc) is 2.62. The van der Waals surface area contributed by atoms with E-state index in [1.54, 1.807) is 31.4 Å². The normalized spacial score (nSPS) is 10.3. The fourth-order valence-electron chi connectivity index (χ4n) is 2.51. The quantitative estimate of drug-likeness (QED) is 0.624. The van der Waals surface area contributed by atoms with Gasteiger partial charge in [0.05, 0.1) is 19.4 Å². The first-order valence-corrected chi connectivity index (χ1v) is 8.40. The van der Waals surface area contributed by atoms with Gasteiger partial charge in [0.2, 0.25) is 11.8 Å². The van der Waals surface area contributed by atoms with E-state index in [2.05, 4.69) is 10.6 Å². The van der Waals surface area contributed by atoms with Crippen LogP contribution in [0.5, 0.6) is 0 Å². The van der Waals surface area contributed by atoms with Crippen LogP contribution < -0.4 is 10.6 Å². The maximum atomic E-state index is 12.2. The third-order valence-electron chi connectivity index (χ3n) is 3.71. The number of aliphatic carboxylic acids is 1. The van der Waals surface area contributed by atoms with Crippen molar-refractivity contribution in [3.63, 3.8) is 0 Å². The number of rotatable bonds is 9. The van der Waals surface area contributed by atoms with Crippen molar-refractivity contribution in [1.82, 2.24) is 5.32 Å². The van der Waals surface area contributed by atoms with Crippen molar-refractivity contribution in [2.24, 2.45) is 0 Å². The van der Waals surface area contributed by atoms with E-state index in [4.69, 9.17) is 9.84 Å². The second kappa shape index (κ2) is 10.1. The summed E-state index contributed by atoms with van der Waals surface area (Å²) < 4.78 is 5.09. The van der Waals surface area contributed by atoms with Crippen molar-refractivity contribution < 1.29 is 24.2 Å². The van der Waals surface area contributed by atoms with Crippen LogP contribution in [0.25, 0.3) is 0 Å². The molecule has 0 aromatic heterocycles. The molecule has 3 N–H and O–H groups in total. The monoisotopic (exact) mass is 370 g/mol.